The Labute approximate surface area is 175 Å². The van der Waals surface area contributed by atoms with Crippen molar-refractivity contribution in [3.8, 4) is 11.3 Å². The van der Waals surface area contributed by atoms with Crippen LogP contribution in [0.5, 0.6) is 0 Å². The maximum Gasteiger partial charge on any atom is 0.418 e. The van der Waals surface area contributed by atoms with Gasteiger partial charge in [-0.05, 0) is 31.2 Å². The zero-order chi connectivity index (χ0) is 23.1. The van der Waals surface area contributed by atoms with Crippen molar-refractivity contribution in [2.24, 2.45) is 0 Å². The van der Waals surface area contributed by atoms with Gasteiger partial charge in [0.1, 0.15) is 0 Å². The van der Waals surface area contributed by atoms with Crippen LogP contribution >= 0.6 is 23.2 Å². The van der Waals surface area contributed by atoms with Gasteiger partial charge >= 0.3 is 12.4 Å². The number of pyridine rings is 1. The molecule has 2 aromatic rings. The lowest BCUT2D eigenvalue weighted by Gasteiger charge is -2.26. The molecule has 30 heavy (non-hydrogen) atoms. The smallest absolute Gasteiger partial charge is 0.397 e. The third kappa shape index (κ3) is 5.08. The van der Waals surface area contributed by atoms with E-state index in [-0.39, 0.29) is 15.6 Å². The first kappa shape index (κ1) is 24.0. The number of anilines is 1. The molecule has 4 N–H and O–H groups in total. The molecule has 0 saturated carbocycles. The summed E-state index contributed by atoms with van der Waals surface area (Å²) in [6.07, 6.45) is -10.0. The summed E-state index contributed by atoms with van der Waals surface area (Å²) in [5, 5.41) is 11.1. The molecule has 1 amide bonds. The highest BCUT2D eigenvalue weighted by molar-refractivity contribution is 6.36. The third-order valence-corrected chi connectivity index (χ3v) is 4.51. The minimum Gasteiger partial charge on any atom is -0.397 e. The second-order valence-electron chi connectivity index (χ2n) is 6.40. The quantitative estimate of drug-likeness (QED) is 0.559. The number of amides is 1. The Morgan fingerprint density at radius 3 is 2.27 bits per heavy atom. The molecule has 5 nitrogen and oxygen atoms in total. The number of rotatable bonds is 4. The molecule has 0 bridgehead atoms. The van der Waals surface area contributed by atoms with E-state index < -0.39 is 53.0 Å². The number of alkyl halides is 6. The minimum absolute atomic E-state index is 0.125. The van der Waals surface area contributed by atoms with Gasteiger partial charge in [0.25, 0.3) is 5.91 Å². The first-order valence-corrected chi connectivity index (χ1v) is 8.70. The van der Waals surface area contributed by atoms with E-state index in [0.29, 0.717) is 13.0 Å². The van der Waals surface area contributed by atoms with Crippen molar-refractivity contribution in [1.82, 2.24) is 10.3 Å². The van der Waals surface area contributed by atoms with Gasteiger partial charge in [-0.3, -0.25) is 4.79 Å². The zero-order valence-corrected chi connectivity index (χ0v) is 16.4. The van der Waals surface area contributed by atoms with Crippen LogP contribution in [0.2, 0.25) is 10.0 Å². The third-order valence-electron chi connectivity index (χ3n) is 3.96. The molecule has 13 heteroatoms. The van der Waals surface area contributed by atoms with Crippen LogP contribution in [0.1, 0.15) is 23.0 Å². The summed E-state index contributed by atoms with van der Waals surface area (Å²) in [6.45, 7) is -0.871. The molecule has 0 aliphatic rings. The molecule has 0 aliphatic carbocycles. The van der Waals surface area contributed by atoms with Crippen LogP contribution in [-0.2, 0) is 6.18 Å². The highest BCUT2D eigenvalue weighted by atomic mass is 35.5. The van der Waals surface area contributed by atoms with Crippen LogP contribution in [0.15, 0.2) is 24.3 Å². The minimum atomic E-state index is -5.07. The number of hydrogen-bond donors (Lipinski definition) is 3. The van der Waals surface area contributed by atoms with Crippen molar-refractivity contribution >= 4 is 34.8 Å². The number of aromatic nitrogens is 1. The Kier molecular flexibility index (Phi) is 6.51. The number of benzene rings is 1. The highest BCUT2D eigenvalue weighted by Gasteiger charge is 2.50. The summed E-state index contributed by atoms with van der Waals surface area (Å²) in [5.74, 6) is -1.32. The zero-order valence-electron chi connectivity index (χ0n) is 14.9. The average Bonchev–Trinajstić information content (AvgIpc) is 2.58. The average molecular weight is 476 g/mol. The van der Waals surface area contributed by atoms with E-state index >= 15 is 0 Å². The van der Waals surface area contributed by atoms with Gasteiger partial charge in [0.15, 0.2) is 11.3 Å². The molecule has 1 aromatic carbocycles. The van der Waals surface area contributed by atoms with Gasteiger partial charge in [0.2, 0.25) is 0 Å². The summed E-state index contributed by atoms with van der Waals surface area (Å²) in [4.78, 5) is 15.9. The molecule has 1 atom stereocenters. The summed E-state index contributed by atoms with van der Waals surface area (Å²) in [7, 11) is 0. The van der Waals surface area contributed by atoms with Gasteiger partial charge in [-0.25, -0.2) is 4.98 Å². The van der Waals surface area contributed by atoms with Crippen LogP contribution < -0.4 is 11.1 Å². The van der Waals surface area contributed by atoms with Gasteiger partial charge in [-0.15, -0.1) is 0 Å². The van der Waals surface area contributed by atoms with Crippen molar-refractivity contribution in [3.63, 3.8) is 0 Å². The van der Waals surface area contributed by atoms with Crippen molar-refractivity contribution in [1.29, 1.82) is 0 Å². The molecular weight excluding hydrogens is 463 g/mol. The maximum absolute atomic E-state index is 13.5. The monoisotopic (exact) mass is 475 g/mol. The normalized spacial score (nSPS) is 14.3. The second-order valence-corrected chi connectivity index (χ2v) is 7.24. The van der Waals surface area contributed by atoms with E-state index in [0.717, 1.165) is 12.1 Å². The summed E-state index contributed by atoms with van der Waals surface area (Å²) in [5.41, 5.74) is -1.63. The second kappa shape index (κ2) is 8.12. The Hall–Kier alpha value is -2.24. The fourth-order valence-corrected chi connectivity index (χ4v) is 2.75. The van der Waals surface area contributed by atoms with Crippen molar-refractivity contribution in [2.45, 2.75) is 24.9 Å². The Balaban J connectivity index is 2.53. The van der Waals surface area contributed by atoms with Gasteiger partial charge in [0.05, 0.1) is 28.5 Å². The number of carbonyl (C=O) groups excluding carboxylic acids is 1. The molecular formula is C17H13Cl2F6N3O2. The molecule has 2 rings (SSSR count). The molecule has 0 radical (unpaired) electrons. The lowest BCUT2D eigenvalue weighted by molar-refractivity contribution is -0.249. The number of nitrogen functional groups attached to an aromatic ring is 1. The largest absolute Gasteiger partial charge is 0.418 e. The molecule has 164 valence electrons. The highest BCUT2D eigenvalue weighted by Crippen LogP contribution is 2.40. The summed E-state index contributed by atoms with van der Waals surface area (Å²) in [6, 6.07) is 3.94. The van der Waals surface area contributed by atoms with E-state index in [4.69, 9.17) is 28.9 Å². The van der Waals surface area contributed by atoms with Crippen LogP contribution in [0.3, 0.4) is 0 Å². The van der Waals surface area contributed by atoms with E-state index in [9.17, 15) is 36.2 Å². The molecule has 0 fully saturated rings. The predicted molar refractivity (Wildman–Crippen MR) is 98.1 cm³/mol. The number of nitrogens with one attached hydrogen (secondary N) is 1. The molecule has 0 saturated heterocycles. The molecule has 1 heterocycles. The first-order chi connectivity index (χ1) is 13.5. The van der Waals surface area contributed by atoms with E-state index in [1.807, 2.05) is 0 Å². The van der Waals surface area contributed by atoms with Crippen molar-refractivity contribution in [2.75, 3.05) is 12.3 Å². The van der Waals surface area contributed by atoms with Gasteiger partial charge in [-0.1, -0.05) is 23.2 Å². The summed E-state index contributed by atoms with van der Waals surface area (Å²) >= 11 is 11.7. The lowest BCUT2D eigenvalue weighted by atomic mass is 10.0. The molecule has 0 unspecified atom stereocenters. The first-order valence-electron chi connectivity index (χ1n) is 7.95. The number of nitrogens with two attached hydrogens (primary N) is 1. The number of hydrogen-bond acceptors (Lipinski definition) is 4. The molecule has 0 aliphatic heterocycles. The van der Waals surface area contributed by atoms with Gasteiger partial charge < -0.3 is 16.2 Å². The fraction of sp³-hybridized carbons (Fsp3) is 0.294. The van der Waals surface area contributed by atoms with E-state index in [1.54, 1.807) is 5.32 Å². The predicted octanol–water partition coefficient (Wildman–Crippen LogP) is 4.70. The van der Waals surface area contributed by atoms with Crippen LogP contribution in [0.25, 0.3) is 11.3 Å². The Bertz CT molecular complexity index is 977. The number of halogens is 8. The standard InChI is InChI=1S/C17H13Cl2F6N3O2/c1-15(30,17(23,24)25)6-27-14(29)13-11(26)5-9(16(20,21)22)12(28-13)8-3-2-7(18)4-10(8)19/h2-5,30H,6,26H2,1H3,(H,27,29)/t15-/m0/s1. The van der Waals surface area contributed by atoms with Crippen molar-refractivity contribution in [3.05, 3.63) is 45.6 Å². The van der Waals surface area contributed by atoms with Crippen LogP contribution in [-0.4, -0.2) is 34.3 Å². The number of nitrogens with zero attached hydrogens (tertiary/aromatic N) is 1. The lowest BCUT2D eigenvalue weighted by Crippen LogP contribution is -2.51. The van der Waals surface area contributed by atoms with Crippen LogP contribution in [0, 0.1) is 0 Å². The van der Waals surface area contributed by atoms with Gasteiger partial charge in [0, 0.05) is 10.6 Å². The van der Waals surface area contributed by atoms with E-state index in [2.05, 4.69) is 4.98 Å². The van der Waals surface area contributed by atoms with Crippen LogP contribution in [0.4, 0.5) is 32.0 Å². The Morgan fingerprint density at radius 1 is 1.17 bits per heavy atom. The van der Waals surface area contributed by atoms with E-state index in [1.165, 1.54) is 6.07 Å². The summed E-state index contributed by atoms with van der Waals surface area (Å²) < 4.78 is 78.6. The fourth-order valence-electron chi connectivity index (χ4n) is 2.25. The topological polar surface area (TPSA) is 88.2 Å². The maximum atomic E-state index is 13.5. The number of carbonyl (C=O) groups is 1. The Morgan fingerprint density at radius 2 is 1.77 bits per heavy atom. The SMILES string of the molecule is C[C@](O)(CNC(=O)c1nc(-c2ccc(Cl)cc2Cl)c(C(F)(F)F)cc1N)C(F)(F)F. The molecule has 1 aromatic heterocycles. The van der Waals surface area contributed by atoms with Crippen molar-refractivity contribution < 1.29 is 36.2 Å². The number of aliphatic hydroxyl groups is 1. The van der Waals surface area contributed by atoms with Gasteiger partial charge in [-0.2, -0.15) is 26.3 Å². The molecule has 0 spiro atoms.